The molecule has 0 aliphatic heterocycles. The SMILES string of the molecule is CCc1ccc(OC)c(C(C#N)c2cccnn2)c1. The third-order valence-corrected chi connectivity index (χ3v) is 3.03. The molecule has 0 fully saturated rings. The van der Waals surface area contributed by atoms with E-state index in [2.05, 4.69) is 23.2 Å². The highest BCUT2D eigenvalue weighted by atomic mass is 16.5. The summed E-state index contributed by atoms with van der Waals surface area (Å²) in [5.41, 5.74) is 2.64. The number of ether oxygens (including phenoxy) is 1. The van der Waals surface area contributed by atoms with E-state index in [1.807, 2.05) is 18.2 Å². The van der Waals surface area contributed by atoms with Crippen molar-refractivity contribution in [2.75, 3.05) is 7.11 Å². The van der Waals surface area contributed by atoms with Gasteiger partial charge in [-0.05, 0) is 30.2 Å². The van der Waals surface area contributed by atoms with Crippen LogP contribution < -0.4 is 4.74 Å². The van der Waals surface area contributed by atoms with Gasteiger partial charge in [0, 0.05) is 11.8 Å². The zero-order valence-electron chi connectivity index (χ0n) is 11.0. The Morgan fingerprint density at radius 2 is 2.21 bits per heavy atom. The van der Waals surface area contributed by atoms with Gasteiger partial charge in [0.2, 0.25) is 0 Å². The number of hydrogen-bond donors (Lipinski definition) is 0. The molecule has 0 amide bonds. The monoisotopic (exact) mass is 253 g/mol. The second-order valence-corrected chi connectivity index (χ2v) is 4.14. The zero-order valence-corrected chi connectivity index (χ0v) is 11.0. The molecular formula is C15H15N3O. The summed E-state index contributed by atoms with van der Waals surface area (Å²) in [6, 6.07) is 11.8. The quantitative estimate of drug-likeness (QED) is 0.840. The first kappa shape index (κ1) is 13.0. The Bertz CT molecular complexity index is 590. The van der Waals surface area contributed by atoms with Gasteiger partial charge in [0.25, 0.3) is 0 Å². The van der Waals surface area contributed by atoms with Crippen molar-refractivity contribution in [1.82, 2.24) is 10.2 Å². The topological polar surface area (TPSA) is 58.8 Å². The van der Waals surface area contributed by atoms with Crippen LogP contribution in [0.1, 0.15) is 29.7 Å². The largest absolute Gasteiger partial charge is 0.496 e. The Hall–Kier alpha value is -2.41. The number of aryl methyl sites for hydroxylation is 1. The van der Waals surface area contributed by atoms with Crippen molar-refractivity contribution in [3.05, 3.63) is 53.3 Å². The smallest absolute Gasteiger partial charge is 0.123 e. The molecule has 0 bridgehead atoms. The highest BCUT2D eigenvalue weighted by Gasteiger charge is 2.19. The first-order valence-corrected chi connectivity index (χ1v) is 6.14. The van der Waals surface area contributed by atoms with Crippen LogP contribution in [0.2, 0.25) is 0 Å². The molecule has 4 heteroatoms. The zero-order chi connectivity index (χ0) is 13.7. The molecule has 1 atom stereocenters. The normalized spacial score (nSPS) is 11.6. The molecule has 0 aliphatic rings. The van der Waals surface area contributed by atoms with Crippen molar-refractivity contribution < 1.29 is 4.74 Å². The molecule has 2 rings (SSSR count). The predicted octanol–water partition coefficient (Wildman–Crippen LogP) is 2.70. The number of methoxy groups -OCH3 is 1. The van der Waals surface area contributed by atoms with Gasteiger partial charge in [0.05, 0.1) is 18.9 Å². The average Bonchev–Trinajstić information content (AvgIpc) is 2.49. The lowest BCUT2D eigenvalue weighted by Crippen LogP contribution is -2.05. The molecule has 1 aromatic carbocycles. The maximum absolute atomic E-state index is 9.44. The van der Waals surface area contributed by atoms with Crippen molar-refractivity contribution in [3.8, 4) is 11.8 Å². The van der Waals surface area contributed by atoms with Gasteiger partial charge in [-0.1, -0.05) is 19.1 Å². The van der Waals surface area contributed by atoms with Crippen LogP contribution in [0.5, 0.6) is 5.75 Å². The summed E-state index contributed by atoms with van der Waals surface area (Å²) in [4.78, 5) is 0. The summed E-state index contributed by atoms with van der Waals surface area (Å²) in [6.07, 6.45) is 2.51. The first-order chi connectivity index (χ1) is 9.30. The van der Waals surface area contributed by atoms with Gasteiger partial charge in [0.15, 0.2) is 0 Å². The fourth-order valence-corrected chi connectivity index (χ4v) is 1.99. The van der Waals surface area contributed by atoms with Crippen molar-refractivity contribution in [2.45, 2.75) is 19.3 Å². The Labute approximate surface area is 112 Å². The van der Waals surface area contributed by atoms with E-state index in [0.717, 1.165) is 12.0 Å². The Balaban J connectivity index is 2.52. The maximum Gasteiger partial charge on any atom is 0.123 e. The molecular weight excluding hydrogens is 238 g/mol. The summed E-state index contributed by atoms with van der Waals surface area (Å²) in [5, 5.41) is 17.3. The minimum absolute atomic E-state index is 0.463. The molecule has 2 aromatic rings. The number of nitrogens with zero attached hydrogens (tertiary/aromatic N) is 3. The van der Waals surface area contributed by atoms with E-state index < -0.39 is 5.92 Å². The van der Waals surface area contributed by atoms with E-state index in [-0.39, 0.29) is 0 Å². The predicted molar refractivity (Wildman–Crippen MR) is 71.9 cm³/mol. The minimum Gasteiger partial charge on any atom is -0.496 e. The maximum atomic E-state index is 9.44. The van der Waals surface area contributed by atoms with Crippen molar-refractivity contribution >= 4 is 0 Å². The van der Waals surface area contributed by atoms with Crippen molar-refractivity contribution in [3.63, 3.8) is 0 Å². The van der Waals surface area contributed by atoms with Gasteiger partial charge >= 0.3 is 0 Å². The second kappa shape index (κ2) is 5.96. The number of benzene rings is 1. The molecule has 0 radical (unpaired) electrons. The summed E-state index contributed by atoms with van der Waals surface area (Å²) in [7, 11) is 1.61. The van der Waals surface area contributed by atoms with Gasteiger partial charge in [0.1, 0.15) is 11.7 Å². The number of nitriles is 1. The summed E-state index contributed by atoms with van der Waals surface area (Å²) >= 11 is 0. The lowest BCUT2D eigenvalue weighted by molar-refractivity contribution is 0.409. The third kappa shape index (κ3) is 2.71. The third-order valence-electron chi connectivity index (χ3n) is 3.03. The van der Waals surface area contributed by atoms with Crippen LogP contribution in [-0.2, 0) is 6.42 Å². The van der Waals surface area contributed by atoms with Gasteiger partial charge in [-0.15, -0.1) is 0 Å². The van der Waals surface area contributed by atoms with Crippen LogP contribution in [0.4, 0.5) is 0 Å². The van der Waals surface area contributed by atoms with Gasteiger partial charge in [-0.2, -0.15) is 15.5 Å². The molecule has 0 saturated carbocycles. The van der Waals surface area contributed by atoms with E-state index >= 15 is 0 Å². The molecule has 96 valence electrons. The standard InChI is InChI=1S/C15H15N3O/c1-3-11-6-7-15(19-2)12(9-11)13(10-16)14-5-4-8-17-18-14/h4-9,13H,3H2,1-2H3. The summed E-state index contributed by atoms with van der Waals surface area (Å²) < 4.78 is 5.35. The Kier molecular flexibility index (Phi) is 4.09. The van der Waals surface area contributed by atoms with E-state index in [1.165, 1.54) is 5.56 Å². The van der Waals surface area contributed by atoms with E-state index in [4.69, 9.17) is 4.74 Å². The molecule has 0 aliphatic carbocycles. The molecule has 19 heavy (non-hydrogen) atoms. The molecule has 0 saturated heterocycles. The highest BCUT2D eigenvalue weighted by molar-refractivity contribution is 5.46. The van der Waals surface area contributed by atoms with Crippen LogP contribution in [-0.4, -0.2) is 17.3 Å². The molecule has 1 unspecified atom stereocenters. The molecule has 4 nitrogen and oxygen atoms in total. The number of rotatable bonds is 4. The number of hydrogen-bond acceptors (Lipinski definition) is 4. The highest BCUT2D eigenvalue weighted by Crippen LogP contribution is 2.31. The van der Waals surface area contributed by atoms with Crippen LogP contribution in [0.25, 0.3) is 0 Å². The van der Waals surface area contributed by atoms with E-state index in [9.17, 15) is 5.26 Å². The Morgan fingerprint density at radius 1 is 1.37 bits per heavy atom. The van der Waals surface area contributed by atoms with Crippen LogP contribution >= 0.6 is 0 Å². The summed E-state index contributed by atoms with van der Waals surface area (Å²) in [5.74, 6) is 0.240. The van der Waals surface area contributed by atoms with E-state index in [0.29, 0.717) is 11.4 Å². The van der Waals surface area contributed by atoms with Crippen LogP contribution in [0.3, 0.4) is 0 Å². The molecule has 0 N–H and O–H groups in total. The van der Waals surface area contributed by atoms with Crippen LogP contribution in [0, 0.1) is 11.3 Å². The minimum atomic E-state index is -0.463. The fourth-order valence-electron chi connectivity index (χ4n) is 1.99. The second-order valence-electron chi connectivity index (χ2n) is 4.14. The van der Waals surface area contributed by atoms with Crippen LogP contribution in [0.15, 0.2) is 36.5 Å². The lowest BCUT2D eigenvalue weighted by atomic mass is 9.94. The van der Waals surface area contributed by atoms with Gasteiger partial charge in [-0.25, -0.2) is 0 Å². The molecule has 1 aromatic heterocycles. The first-order valence-electron chi connectivity index (χ1n) is 6.14. The average molecular weight is 253 g/mol. The summed E-state index contributed by atoms with van der Waals surface area (Å²) in [6.45, 7) is 2.08. The van der Waals surface area contributed by atoms with Crippen molar-refractivity contribution in [2.24, 2.45) is 0 Å². The molecule has 0 spiro atoms. The van der Waals surface area contributed by atoms with Crippen molar-refractivity contribution in [1.29, 1.82) is 5.26 Å². The lowest BCUT2D eigenvalue weighted by Gasteiger charge is -2.14. The van der Waals surface area contributed by atoms with E-state index in [1.54, 1.807) is 25.4 Å². The Morgan fingerprint density at radius 3 is 2.79 bits per heavy atom. The molecule has 1 heterocycles. The number of aromatic nitrogens is 2. The fraction of sp³-hybridized carbons (Fsp3) is 0.267. The van der Waals surface area contributed by atoms with Gasteiger partial charge < -0.3 is 4.74 Å². The van der Waals surface area contributed by atoms with Gasteiger partial charge in [-0.3, -0.25) is 0 Å².